The second-order valence-corrected chi connectivity index (χ2v) is 7.14. The maximum Gasteiger partial charge on any atom is 0.341 e. The zero-order valence-corrected chi connectivity index (χ0v) is 17.4. The van der Waals surface area contributed by atoms with Crippen molar-refractivity contribution in [2.45, 2.75) is 13.3 Å². The minimum Gasteiger partial charge on any atom is -0.494 e. The number of fused-ring (bicyclic) bond motifs is 1. The molecule has 2 aromatic carbocycles. The van der Waals surface area contributed by atoms with Gasteiger partial charge in [0.1, 0.15) is 16.8 Å². The van der Waals surface area contributed by atoms with Crippen molar-refractivity contribution in [3.63, 3.8) is 0 Å². The van der Waals surface area contributed by atoms with Gasteiger partial charge in [0.2, 0.25) is 0 Å². The van der Waals surface area contributed by atoms with Crippen LogP contribution in [0.15, 0.2) is 48.7 Å². The van der Waals surface area contributed by atoms with Crippen LogP contribution in [0.5, 0.6) is 5.75 Å². The number of ether oxygens (including phenoxy) is 2. The highest BCUT2D eigenvalue weighted by molar-refractivity contribution is 6.07. The summed E-state index contributed by atoms with van der Waals surface area (Å²) in [4.78, 5) is 19.4. The first kappa shape index (κ1) is 20.6. The predicted molar refractivity (Wildman–Crippen MR) is 116 cm³/mol. The maximum absolute atomic E-state index is 12.8. The van der Waals surface area contributed by atoms with Gasteiger partial charge in [-0.25, -0.2) is 4.79 Å². The van der Waals surface area contributed by atoms with Gasteiger partial charge in [-0.05, 0) is 45.1 Å². The van der Waals surface area contributed by atoms with Crippen molar-refractivity contribution < 1.29 is 14.3 Å². The summed E-state index contributed by atoms with van der Waals surface area (Å²) in [7, 11) is 5.59. The molecule has 0 aliphatic carbocycles. The van der Waals surface area contributed by atoms with Crippen LogP contribution in [-0.2, 0) is 4.74 Å². The van der Waals surface area contributed by atoms with Crippen LogP contribution in [0.3, 0.4) is 0 Å². The number of hydrogen-bond acceptors (Lipinski definition) is 6. The van der Waals surface area contributed by atoms with Gasteiger partial charge >= 0.3 is 5.97 Å². The van der Waals surface area contributed by atoms with Crippen LogP contribution in [0.4, 0.5) is 11.4 Å². The Morgan fingerprint density at radius 1 is 1.14 bits per heavy atom. The number of nitrogens with one attached hydrogen (secondary N) is 1. The van der Waals surface area contributed by atoms with E-state index in [9.17, 15) is 4.79 Å². The molecule has 3 aromatic rings. The summed E-state index contributed by atoms with van der Waals surface area (Å²) in [6, 6.07) is 13.6. The minimum atomic E-state index is -0.392. The number of rotatable bonds is 8. The highest BCUT2D eigenvalue weighted by Crippen LogP contribution is 2.34. The lowest BCUT2D eigenvalue weighted by Crippen LogP contribution is -2.17. The Bertz CT molecular complexity index is 1000. The van der Waals surface area contributed by atoms with E-state index in [0.29, 0.717) is 29.1 Å². The van der Waals surface area contributed by atoms with Crippen molar-refractivity contribution >= 4 is 28.2 Å². The monoisotopic (exact) mass is 393 g/mol. The van der Waals surface area contributed by atoms with E-state index in [1.54, 1.807) is 13.3 Å². The van der Waals surface area contributed by atoms with Crippen LogP contribution in [0, 0.1) is 6.92 Å². The van der Waals surface area contributed by atoms with Crippen LogP contribution in [0.1, 0.15) is 22.3 Å². The first-order valence-corrected chi connectivity index (χ1v) is 9.61. The van der Waals surface area contributed by atoms with Gasteiger partial charge in [-0.1, -0.05) is 30.3 Å². The fraction of sp³-hybridized carbons (Fsp3) is 0.304. The Kier molecular flexibility index (Phi) is 6.67. The number of methoxy groups -OCH3 is 1. The first-order chi connectivity index (χ1) is 14.0. The van der Waals surface area contributed by atoms with Crippen molar-refractivity contribution in [1.82, 2.24) is 9.88 Å². The van der Waals surface area contributed by atoms with Gasteiger partial charge in [-0.15, -0.1) is 0 Å². The number of hydrogen-bond donors (Lipinski definition) is 1. The van der Waals surface area contributed by atoms with Crippen molar-refractivity contribution in [2.75, 3.05) is 39.7 Å². The molecule has 0 saturated heterocycles. The third kappa shape index (κ3) is 4.84. The molecular formula is C23H27N3O3. The maximum atomic E-state index is 12.8. The third-order valence-electron chi connectivity index (χ3n) is 4.69. The Morgan fingerprint density at radius 2 is 1.93 bits per heavy atom. The minimum absolute atomic E-state index is 0.358. The molecule has 0 unspecified atom stereocenters. The smallest absolute Gasteiger partial charge is 0.341 e. The largest absolute Gasteiger partial charge is 0.494 e. The normalized spacial score (nSPS) is 10.9. The van der Waals surface area contributed by atoms with E-state index in [-0.39, 0.29) is 0 Å². The summed E-state index contributed by atoms with van der Waals surface area (Å²) in [5, 5.41) is 4.22. The number of aryl methyl sites for hydroxylation is 1. The molecule has 0 bridgehead atoms. The molecule has 3 rings (SSSR count). The summed E-state index contributed by atoms with van der Waals surface area (Å²) >= 11 is 0. The van der Waals surface area contributed by atoms with Gasteiger partial charge in [0.05, 0.1) is 19.4 Å². The summed E-state index contributed by atoms with van der Waals surface area (Å²) in [5.74, 6) is 0.262. The number of carbonyl (C=O) groups excluding carboxylic acids is 1. The lowest BCUT2D eigenvalue weighted by Gasteiger charge is -2.17. The van der Waals surface area contributed by atoms with Gasteiger partial charge in [0, 0.05) is 23.8 Å². The molecule has 0 atom stereocenters. The molecule has 0 spiro atoms. The molecule has 1 N–H and O–H groups in total. The molecular weight excluding hydrogens is 366 g/mol. The van der Waals surface area contributed by atoms with Crippen molar-refractivity contribution in [3.05, 3.63) is 59.8 Å². The van der Waals surface area contributed by atoms with E-state index >= 15 is 0 Å². The second kappa shape index (κ2) is 9.39. The molecule has 0 fully saturated rings. The van der Waals surface area contributed by atoms with Gasteiger partial charge < -0.3 is 19.7 Å². The highest BCUT2D eigenvalue weighted by atomic mass is 16.5. The first-order valence-electron chi connectivity index (χ1n) is 9.61. The third-order valence-corrected chi connectivity index (χ3v) is 4.69. The van der Waals surface area contributed by atoms with Crippen molar-refractivity contribution in [3.8, 4) is 5.75 Å². The van der Waals surface area contributed by atoms with Crippen LogP contribution in [0.2, 0.25) is 0 Å². The molecule has 6 heteroatoms. The summed E-state index contributed by atoms with van der Waals surface area (Å²) in [6.45, 7) is 3.23. The molecule has 0 amide bonds. The van der Waals surface area contributed by atoms with Crippen LogP contribution in [-0.4, -0.2) is 50.2 Å². The standard InChI is InChI=1S/C23H27N3O3/c1-16-9-5-6-11-19(16)25-21-17-10-7-12-20(28-4)22(17)24-15-18(21)23(27)29-14-8-13-26(2)3/h5-7,9-12,15H,8,13-14H2,1-4H3,(H,24,25). The molecule has 0 aliphatic heterocycles. The summed E-state index contributed by atoms with van der Waals surface area (Å²) < 4.78 is 11.0. The number of nitrogens with zero attached hydrogens (tertiary/aromatic N) is 2. The molecule has 0 radical (unpaired) electrons. The molecule has 152 valence electrons. The highest BCUT2D eigenvalue weighted by Gasteiger charge is 2.19. The number of para-hydroxylation sites is 2. The number of aromatic nitrogens is 1. The number of anilines is 2. The van der Waals surface area contributed by atoms with Gasteiger partial charge in [-0.3, -0.25) is 4.98 Å². The van der Waals surface area contributed by atoms with E-state index in [1.165, 1.54) is 0 Å². The zero-order chi connectivity index (χ0) is 20.8. The Hall–Kier alpha value is -3.12. The quantitative estimate of drug-likeness (QED) is 0.452. The van der Waals surface area contributed by atoms with Crippen molar-refractivity contribution in [2.24, 2.45) is 0 Å². The fourth-order valence-electron chi connectivity index (χ4n) is 3.12. The predicted octanol–water partition coefficient (Wildman–Crippen LogP) is 4.40. The summed E-state index contributed by atoms with van der Waals surface area (Å²) in [5.41, 5.74) is 3.75. The van der Waals surface area contributed by atoms with Crippen LogP contribution in [0.25, 0.3) is 10.9 Å². The van der Waals surface area contributed by atoms with Gasteiger partial charge in [0.15, 0.2) is 0 Å². The Balaban J connectivity index is 2.00. The van der Waals surface area contributed by atoms with E-state index in [1.807, 2.05) is 63.5 Å². The van der Waals surface area contributed by atoms with Crippen LogP contribution < -0.4 is 10.1 Å². The Labute approximate surface area is 171 Å². The SMILES string of the molecule is COc1cccc2c(Nc3ccccc3C)c(C(=O)OCCCN(C)C)cnc12. The number of carbonyl (C=O) groups is 1. The lowest BCUT2D eigenvalue weighted by molar-refractivity contribution is 0.0494. The number of pyridine rings is 1. The van der Waals surface area contributed by atoms with E-state index in [2.05, 4.69) is 15.2 Å². The van der Waals surface area contributed by atoms with E-state index in [4.69, 9.17) is 9.47 Å². The lowest BCUT2D eigenvalue weighted by atomic mass is 10.1. The van der Waals surface area contributed by atoms with Gasteiger partial charge in [0.25, 0.3) is 0 Å². The second-order valence-electron chi connectivity index (χ2n) is 7.14. The fourth-order valence-corrected chi connectivity index (χ4v) is 3.12. The molecule has 29 heavy (non-hydrogen) atoms. The van der Waals surface area contributed by atoms with Crippen LogP contribution >= 0.6 is 0 Å². The molecule has 0 saturated carbocycles. The average molecular weight is 393 g/mol. The Morgan fingerprint density at radius 3 is 2.66 bits per heavy atom. The van der Waals surface area contributed by atoms with E-state index in [0.717, 1.165) is 29.6 Å². The topological polar surface area (TPSA) is 63.7 Å². The number of benzene rings is 2. The average Bonchev–Trinajstić information content (AvgIpc) is 2.72. The molecule has 1 heterocycles. The van der Waals surface area contributed by atoms with Crippen molar-refractivity contribution in [1.29, 1.82) is 0 Å². The molecule has 0 aliphatic rings. The summed E-state index contributed by atoms with van der Waals surface area (Å²) in [6.07, 6.45) is 2.33. The molecule has 6 nitrogen and oxygen atoms in total. The number of esters is 1. The molecule has 1 aromatic heterocycles. The van der Waals surface area contributed by atoms with E-state index < -0.39 is 5.97 Å². The van der Waals surface area contributed by atoms with Gasteiger partial charge in [-0.2, -0.15) is 0 Å². The zero-order valence-electron chi connectivity index (χ0n) is 17.4.